The Balaban J connectivity index is 2.35. The zero-order valence-corrected chi connectivity index (χ0v) is 8.44. The maximum Gasteiger partial charge on any atom is 0.134 e. The van der Waals surface area contributed by atoms with E-state index in [2.05, 4.69) is 10.3 Å². The Morgan fingerprint density at radius 3 is 2.81 bits per heavy atom. The van der Waals surface area contributed by atoms with Crippen LogP contribution in [0.3, 0.4) is 0 Å². The molecule has 0 aliphatic heterocycles. The molecule has 3 nitrogen and oxygen atoms in total. The molecule has 0 radical (unpaired) electrons. The number of aromatic nitrogens is 1. The highest BCUT2D eigenvalue weighted by Crippen LogP contribution is 2.20. The molecule has 0 aliphatic rings. The van der Waals surface area contributed by atoms with Crippen molar-refractivity contribution in [2.24, 2.45) is 0 Å². The van der Waals surface area contributed by atoms with Crippen LogP contribution in [0, 0.1) is 11.2 Å². The Labute approximate surface area is 92.5 Å². The van der Waals surface area contributed by atoms with Gasteiger partial charge in [0.2, 0.25) is 0 Å². The normalized spacial score (nSPS) is 9.81. The summed E-state index contributed by atoms with van der Waals surface area (Å²) < 4.78 is 13.3. The van der Waals surface area contributed by atoms with Gasteiger partial charge in [0.15, 0.2) is 0 Å². The molecule has 80 valence electrons. The van der Waals surface area contributed by atoms with Crippen molar-refractivity contribution in [3.8, 4) is 0 Å². The highest BCUT2D eigenvalue weighted by molar-refractivity contribution is 5.87. The first-order valence-corrected chi connectivity index (χ1v) is 4.77. The van der Waals surface area contributed by atoms with E-state index >= 15 is 0 Å². The number of pyridine rings is 1. The molecule has 0 aliphatic carbocycles. The van der Waals surface area contributed by atoms with Gasteiger partial charge in [-0.05, 0) is 24.3 Å². The van der Waals surface area contributed by atoms with E-state index in [-0.39, 0.29) is 5.56 Å². The molecule has 0 amide bonds. The van der Waals surface area contributed by atoms with Crippen LogP contribution in [0.15, 0.2) is 42.7 Å². The molecule has 0 spiro atoms. The first kappa shape index (κ1) is 10.3. The number of benzene rings is 1. The van der Waals surface area contributed by atoms with Crippen LogP contribution in [0.1, 0.15) is 5.56 Å². The maximum absolute atomic E-state index is 13.3. The molecule has 0 unspecified atom stereocenters. The summed E-state index contributed by atoms with van der Waals surface area (Å²) in [5.41, 5.74) is 1.56. The van der Waals surface area contributed by atoms with Gasteiger partial charge < -0.3 is 10.7 Å². The molecule has 2 aromatic rings. The Hall–Kier alpha value is -2.23. The summed E-state index contributed by atoms with van der Waals surface area (Å²) in [6.45, 7) is 0. The summed E-state index contributed by atoms with van der Waals surface area (Å²) in [5, 5.41) is 10.2. The van der Waals surface area contributed by atoms with E-state index in [0.29, 0.717) is 5.69 Å². The van der Waals surface area contributed by atoms with Crippen molar-refractivity contribution in [3.05, 3.63) is 54.1 Å². The van der Waals surface area contributed by atoms with Gasteiger partial charge in [-0.25, -0.2) is 4.39 Å². The summed E-state index contributed by atoms with van der Waals surface area (Å²) in [6, 6.07) is 8.25. The largest absolute Gasteiger partial charge is 0.354 e. The van der Waals surface area contributed by atoms with Gasteiger partial charge in [0.05, 0.1) is 23.1 Å². The van der Waals surface area contributed by atoms with Crippen molar-refractivity contribution in [1.82, 2.24) is 4.98 Å². The number of hydrogen-bond acceptors (Lipinski definition) is 3. The Morgan fingerprint density at radius 1 is 1.25 bits per heavy atom. The average molecular weight is 215 g/mol. The minimum Gasteiger partial charge on any atom is -0.354 e. The lowest BCUT2D eigenvalue weighted by Gasteiger charge is -2.09. The second kappa shape index (κ2) is 4.53. The quantitative estimate of drug-likeness (QED) is 0.773. The lowest BCUT2D eigenvalue weighted by molar-refractivity contribution is 0.626. The van der Waals surface area contributed by atoms with Gasteiger partial charge in [-0.15, -0.1) is 0 Å². The van der Waals surface area contributed by atoms with Crippen molar-refractivity contribution >= 4 is 17.6 Å². The van der Waals surface area contributed by atoms with Crippen LogP contribution >= 0.6 is 0 Å². The number of anilines is 2. The first-order chi connectivity index (χ1) is 7.81. The Morgan fingerprint density at radius 2 is 2.12 bits per heavy atom. The summed E-state index contributed by atoms with van der Waals surface area (Å²) in [7, 11) is 0. The molecule has 0 atom stereocenters. The van der Waals surface area contributed by atoms with Gasteiger partial charge in [0.25, 0.3) is 0 Å². The van der Waals surface area contributed by atoms with Crippen molar-refractivity contribution in [2.45, 2.75) is 0 Å². The van der Waals surface area contributed by atoms with Gasteiger partial charge in [-0.1, -0.05) is 6.07 Å². The molecule has 0 bridgehead atoms. The standard InChI is InChI=1S/C12H10FN3/c13-11-4-1-5-12(10(11)7-14)16-9-3-2-6-15-8-9/h1-8,14,16H. The summed E-state index contributed by atoms with van der Waals surface area (Å²) in [4.78, 5) is 3.95. The third-order valence-electron chi connectivity index (χ3n) is 2.14. The van der Waals surface area contributed by atoms with E-state index in [1.807, 2.05) is 6.07 Å². The lowest BCUT2D eigenvalue weighted by Crippen LogP contribution is -1.98. The van der Waals surface area contributed by atoms with Crippen LogP contribution in [-0.4, -0.2) is 11.2 Å². The number of halogens is 1. The second-order valence-corrected chi connectivity index (χ2v) is 3.21. The predicted octanol–water partition coefficient (Wildman–Crippen LogP) is 2.96. The fraction of sp³-hybridized carbons (Fsp3) is 0. The van der Waals surface area contributed by atoms with Gasteiger partial charge in [0, 0.05) is 12.4 Å². The summed E-state index contributed by atoms with van der Waals surface area (Å²) >= 11 is 0. The first-order valence-electron chi connectivity index (χ1n) is 4.77. The van der Waals surface area contributed by atoms with Crippen LogP contribution in [0.25, 0.3) is 0 Å². The van der Waals surface area contributed by atoms with Crippen LogP contribution in [0.4, 0.5) is 15.8 Å². The van der Waals surface area contributed by atoms with Crippen molar-refractivity contribution in [2.75, 3.05) is 5.32 Å². The molecular weight excluding hydrogens is 205 g/mol. The number of nitrogens with zero attached hydrogens (tertiary/aromatic N) is 1. The third kappa shape index (κ3) is 2.06. The van der Waals surface area contributed by atoms with E-state index in [1.54, 1.807) is 30.6 Å². The fourth-order valence-corrected chi connectivity index (χ4v) is 1.38. The summed E-state index contributed by atoms with van der Waals surface area (Å²) in [5.74, 6) is -0.413. The zero-order valence-electron chi connectivity index (χ0n) is 8.44. The van der Waals surface area contributed by atoms with Crippen LogP contribution in [-0.2, 0) is 0 Å². The molecule has 16 heavy (non-hydrogen) atoms. The lowest BCUT2D eigenvalue weighted by atomic mass is 10.1. The van der Waals surface area contributed by atoms with Crippen molar-refractivity contribution in [1.29, 1.82) is 5.41 Å². The smallest absolute Gasteiger partial charge is 0.134 e. The number of nitrogens with one attached hydrogen (secondary N) is 2. The molecule has 2 N–H and O–H groups in total. The Kier molecular flexibility index (Phi) is 2.91. The van der Waals surface area contributed by atoms with E-state index in [1.165, 1.54) is 6.07 Å². The highest BCUT2D eigenvalue weighted by atomic mass is 19.1. The molecule has 0 saturated heterocycles. The minimum atomic E-state index is -0.413. The third-order valence-corrected chi connectivity index (χ3v) is 2.14. The van der Waals surface area contributed by atoms with Gasteiger partial charge >= 0.3 is 0 Å². The van der Waals surface area contributed by atoms with Crippen molar-refractivity contribution in [3.63, 3.8) is 0 Å². The average Bonchev–Trinajstić information content (AvgIpc) is 2.31. The molecule has 2 rings (SSSR count). The van der Waals surface area contributed by atoms with E-state index in [0.717, 1.165) is 11.9 Å². The second-order valence-electron chi connectivity index (χ2n) is 3.21. The molecular formula is C12H10FN3. The molecule has 0 fully saturated rings. The van der Waals surface area contributed by atoms with Gasteiger partial charge in [0.1, 0.15) is 5.82 Å². The molecule has 4 heteroatoms. The summed E-state index contributed by atoms with van der Waals surface area (Å²) in [6.07, 6.45) is 4.29. The monoisotopic (exact) mass is 215 g/mol. The van der Waals surface area contributed by atoms with E-state index in [4.69, 9.17) is 5.41 Å². The molecule has 0 saturated carbocycles. The van der Waals surface area contributed by atoms with Crippen LogP contribution in [0.2, 0.25) is 0 Å². The maximum atomic E-state index is 13.3. The minimum absolute atomic E-state index is 0.242. The molecule has 1 aromatic heterocycles. The topological polar surface area (TPSA) is 48.8 Å². The highest BCUT2D eigenvalue weighted by Gasteiger charge is 2.05. The van der Waals surface area contributed by atoms with Crippen LogP contribution in [0.5, 0.6) is 0 Å². The van der Waals surface area contributed by atoms with Crippen molar-refractivity contribution < 1.29 is 4.39 Å². The van der Waals surface area contributed by atoms with Gasteiger partial charge in [-0.3, -0.25) is 4.98 Å². The van der Waals surface area contributed by atoms with Gasteiger partial charge in [-0.2, -0.15) is 0 Å². The van der Waals surface area contributed by atoms with E-state index < -0.39 is 5.82 Å². The SMILES string of the molecule is N=Cc1c(F)cccc1Nc1cccnc1. The fourth-order valence-electron chi connectivity index (χ4n) is 1.38. The number of hydrogen-bond donors (Lipinski definition) is 2. The zero-order chi connectivity index (χ0) is 11.4. The van der Waals surface area contributed by atoms with E-state index in [9.17, 15) is 4.39 Å². The van der Waals surface area contributed by atoms with Crippen LogP contribution < -0.4 is 5.32 Å². The number of rotatable bonds is 3. The predicted molar refractivity (Wildman–Crippen MR) is 61.8 cm³/mol. The molecule has 1 aromatic carbocycles. The molecule has 1 heterocycles. The Bertz CT molecular complexity index is 497.